The fourth-order valence-corrected chi connectivity index (χ4v) is 2.77. The molecule has 1 aromatic heterocycles. The Bertz CT molecular complexity index is 1090. The van der Waals surface area contributed by atoms with Crippen molar-refractivity contribution in [1.82, 2.24) is 9.99 Å². The van der Waals surface area contributed by atoms with Crippen LogP contribution in [0.5, 0.6) is 0 Å². The van der Waals surface area contributed by atoms with E-state index in [1.165, 1.54) is 19.4 Å². The number of rotatable bonds is 5. The average Bonchev–Trinajstić information content (AvgIpc) is 3.05. The SMILES string of the molecule is COC(=O)Cn1cc(/C=N/NC(=O)c2cccc(C(F)(F)F)c2)c2ccccc21. The predicted octanol–water partition coefficient (Wildman–Crippen LogP) is 3.60. The molecule has 0 saturated heterocycles. The third kappa shape index (κ3) is 4.63. The molecule has 0 saturated carbocycles. The van der Waals surface area contributed by atoms with E-state index >= 15 is 0 Å². The lowest BCUT2D eigenvalue weighted by Crippen LogP contribution is -2.18. The highest BCUT2D eigenvalue weighted by atomic mass is 19.4. The molecule has 0 fully saturated rings. The van der Waals surface area contributed by atoms with Crippen molar-refractivity contribution in [3.05, 3.63) is 71.4 Å². The summed E-state index contributed by atoms with van der Waals surface area (Å²) in [6.07, 6.45) is -1.51. The van der Waals surface area contributed by atoms with Crippen molar-refractivity contribution in [2.45, 2.75) is 12.7 Å². The first kappa shape index (κ1) is 20.1. The van der Waals surface area contributed by atoms with E-state index in [2.05, 4.69) is 15.3 Å². The minimum Gasteiger partial charge on any atom is -0.468 e. The Morgan fingerprint density at radius 3 is 2.66 bits per heavy atom. The Labute approximate surface area is 163 Å². The molecule has 2 aromatic carbocycles. The van der Waals surface area contributed by atoms with Gasteiger partial charge in [-0.1, -0.05) is 24.3 Å². The summed E-state index contributed by atoms with van der Waals surface area (Å²) in [6, 6.07) is 11.3. The summed E-state index contributed by atoms with van der Waals surface area (Å²) < 4.78 is 44.7. The smallest absolute Gasteiger partial charge is 0.416 e. The molecular formula is C20H16F3N3O3. The lowest BCUT2D eigenvalue weighted by atomic mass is 10.1. The van der Waals surface area contributed by atoms with Gasteiger partial charge in [0.25, 0.3) is 5.91 Å². The second-order valence-corrected chi connectivity index (χ2v) is 6.08. The van der Waals surface area contributed by atoms with Gasteiger partial charge in [-0.2, -0.15) is 18.3 Å². The molecule has 6 nitrogen and oxygen atoms in total. The van der Waals surface area contributed by atoms with Crippen LogP contribution in [0.4, 0.5) is 13.2 Å². The molecule has 0 aliphatic rings. The van der Waals surface area contributed by atoms with Crippen LogP contribution < -0.4 is 5.43 Å². The summed E-state index contributed by atoms with van der Waals surface area (Å²) in [5.41, 5.74) is 2.52. The van der Waals surface area contributed by atoms with Crippen LogP contribution in [0.25, 0.3) is 10.9 Å². The van der Waals surface area contributed by atoms with Gasteiger partial charge in [-0.15, -0.1) is 0 Å². The van der Waals surface area contributed by atoms with Gasteiger partial charge in [0, 0.05) is 28.2 Å². The van der Waals surface area contributed by atoms with Crippen molar-refractivity contribution in [2.75, 3.05) is 7.11 Å². The van der Waals surface area contributed by atoms with Gasteiger partial charge in [-0.05, 0) is 24.3 Å². The van der Waals surface area contributed by atoms with E-state index < -0.39 is 23.6 Å². The summed E-state index contributed by atoms with van der Waals surface area (Å²) >= 11 is 0. The zero-order chi connectivity index (χ0) is 21.0. The van der Waals surface area contributed by atoms with Crippen LogP contribution in [0.1, 0.15) is 21.5 Å². The average molecular weight is 403 g/mol. The Hall–Kier alpha value is -3.62. The van der Waals surface area contributed by atoms with Crippen molar-refractivity contribution < 1.29 is 27.5 Å². The third-order valence-electron chi connectivity index (χ3n) is 4.17. The zero-order valence-corrected chi connectivity index (χ0v) is 15.2. The van der Waals surface area contributed by atoms with Gasteiger partial charge in [0.15, 0.2) is 0 Å². The molecule has 0 aliphatic carbocycles. The fourth-order valence-electron chi connectivity index (χ4n) is 2.77. The normalized spacial score (nSPS) is 11.7. The molecule has 0 unspecified atom stereocenters. The lowest BCUT2D eigenvalue weighted by molar-refractivity contribution is -0.141. The monoisotopic (exact) mass is 403 g/mol. The number of alkyl halides is 3. The molecule has 3 rings (SSSR count). The van der Waals surface area contributed by atoms with Crippen LogP contribution in [0, 0.1) is 0 Å². The Kier molecular flexibility index (Phi) is 5.67. The molecule has 0 aliphatic heterocycles. The highest BCUT2D eigenvalue weighted by molar-refractivity contribution is 6.01. The van der Waals surface area contributed by atoms with Crippen molar-refractivity contribution in [3.8, 4) is 0 Å². The first-order valence-corrected chi connectivity index (χ1v) is 8.45. The van der Waals surface area contributed by atoms with Crippen molar-refractivity contribution in [2.24, 2.45) is 5.10 Å². The summed E-state index contributed by atoms with van der Waals surface area (Å²) in [5, 5.41) is 4.62. The van der Waals surface area contributed by atoms with Crippen molar-refractivity contribution in [3.63, 3.8) is 0 Å². The maximum atomic E-state index is 12.8. The van der Waals surface area contributed by atoms with Crippen molar-refractivity contribution >= 4 is 29.0 Å². The predicted molar refractivity (Wildman–Crippen MR) is 100 cm³/mol. The van der Waals surface area contributed by atoms with E-state index in [1.807, 2.05) is 24.3 Å². The van der Waals surface area contributed by atoms with Gasteiger partial charge >= 0.3 is 12.1 Å². The fraction of sp³-hybridized carbons (Fsp3) is 0.150. The van der Waals surface area contributed by atoms with E-state index in [-0.39, 0.29) is 12.1 Å². The number of carbonyl (C=O) groups excluding carboxylic acids is 2. The maximum Gasteiger partial charge on any atom is 0.416 e. The lowest BCUT2D eigenvalue weighted by Gasteiger charge is -2.07. The summed E-state index contributed by atoms with van der Waals surface area (Å²) in [6.45, 7) is 0.00144. The Morgan fingerprint density at radius 1 is 1.17 bits per heavy atom. The van der Waals surface area contributed by atoms with Gasteiger partial charge in [-0.25, -0.2) is 5.43 Å². The number of carbonyl (C=O) groups is 2. The number of methoxy groups -OCH3 is 1. The van der Waals surface area contributed by atoms with Gasteiger partial charge in [0.05, 0.1) is 18.9 Å². The van der Waals surface area contributed by atoms with Crippen LogP contribution in [0.15, 0.2) is 59.8 Å². The zero-order valence-electron chi connectivity index (χ0n) is 15.2. The summed E-state index contributed by atoms with van der Waals surface area (Å²) in [7, 11) is 1.29. The van der Waals surface area contributed by atoms with Crippen LogP contribution >= 0.6 is 0 Å². The molecule has 0 atom stereocenters. The summed E-state index contributed by atoms with van der Waals surface area (Å²) in [4.78, 5) is 23.7. The first-order valence-electron chi connectivity index (χ1n) is 8.45. The van der Waals surface area contributed by atoms with Crippen LogP contribution in [-0.2, 0) is 22.3 Å². The molecular weight excluding hydrogens is 387 g/mol. The maximum absolute atomic E-state index is 12.8. The van der Waals surface area contributed by atoms with E-state index in [9.17, 15) is 22.8 Å². The molecule has 0 bridgehead atoms. The number of hydrazone groups is 1. The Balaban J connectivity index is 1.79. The quantitative estimate of drug-likeness (QED) is 0.402. The molecule has 1 N–H and O–H groups in total. The number of nitrogens with zero attached hydrogens (tertiary/aromatic N) is 2. The largest absolute Gasteiger partial charge is 0.468 e. The van der Waals surface area contributed by atoms with E-state index in [0.29, 0.717) is 5.56 Å². The second kappa shape index (κ2) is 8.17. The number of hydrogen-bond acceptors (Lipinski definition) is 4. The molecule has 0 spiro atoms. The highest BCUT2D eigenvalue weighted by Crippen LogP contribution is 2.29. The van der Waals surface area contributed by atoms with E-state index in [4.69, 9.17) is 0 Å². The number of amides is 1. The molecule has 9 heteroatoms. The Morgan fingerprint density at radius 2 is 1.93 bits per heavy atom. The molecule has 29 heavy (non-hydrogen) atoms. The van der Waals surface area contributed by atoms with Crippen molar-refractivity contribution in [1.29, 1.82) is 0 Å². The molecule has 3 aromatic rings. The van der Waals surface area contributed by atoms with Gasteiger partial charge < -0.3 is 9.30 Å². The van der Waals surface area contributed by atoms with E-state index in [0.717, 1.165) is 29.1 Å². The van der Waals surface area contributed by atoms with Crippen LogP contribution in [-0.4, -0.2) is 29.8 Å². The molecule has 1 amide bonds. The topological polar surface area (TPSA) is 72.7 Å². The minimum atomic E-state index is -4.54. The van der Waals surface area contributed by atoms with Crippen LogP contribution in [0.3, 0.4) is 0 Å². The van der Waals surface area contributed by atoms with Crippen LogP contribution in [0.2, 0.25) is 0 Å². The molecule has 0 radical (unpaired) electrons. The number of para-hydroxylation sites is 1. The number of esters is 1. The second-order valence-electron chi connectivity index (χ2n) is 6.08. The number of fused-ring (bicyclic) bond motifs is 1. The van der Waals surface area contributed by atoms with Gasteiger partial charge in [0.2, 0.25) is 0 Å². The highest BCUT2D eigenvalue weighted by Gasteiger charge is 2.30. The first-order chi connectivity index (χ1) is 13.8. The van der Waals surface area contributed by atoms with E-state index in [1.54, 1.807) is 10.8 Å². The number of nitrogens with one attached hydrogen (secondary N) is 1. The van der Waals surface area contributed by atoms with Gasteiger partial charge in [0.1, 0.15) is 6.54 Å². The number of ether oxygens (including phenoxy) is 1. The minimum absolute atomic E-state index is 0.00144. The number of hydrogen-bond donors (Lipinski definition) is 1. The molecule has 1 heterocycles. The van der Waals surface area contributed by atoms with Gasteiger partial charge in [-0.3, -0.25) is 9.59 Å². The number of aromatic nitrogens is 1. The third-order valence-corrected chi connectivity index (χ3v) is 4.17. The standard InChI is InChI=1S/C20H16F3N3O3/c1-29-18(27)12-26-11-14(16-7-2-3-8-17(16)26)10-24-25-19(28)13-5-4-6-15(9-13)20(21,22)23/h2-11H,12H2,1H3,(H,25,28)/b24-10+. The molecule has 150 valence electrons. The summed E-state index contributed by atoms with van der Waals surface area (Å²) in [5.74, 6) is -1.20. The number of halogens is 3. The number of benzene rings is 2.